The normalized spacial score (nSPS) is 42.1. The van der Waals surface area contributed by atoms with Crippen LogP contribution in [0.2, 0.25) is 0 Å². The molecule has 5 rings (SSSR count). The molecule has 37 heavy (non-hydrogen) atoms. The predicted octanol–water partition coefficient (Wildman–Crippen LogP) is 2.73. The van der Waals surface area contributed by atoms with Crippen LogP contribution in [0.5, 0.6) is 0 Å². The molecule has 2 fully saturated rings. The fourth-order valence-corrected chi connectivity index (χ4v) is 8.23. The monoisotopic (exact) mass is 514 g/mol. The van der Waals surface area contributed by atoms with Gasteiger partial charge in [0, 0.05) is 5.92 Å². The van der Waals surface area contributed by atoms with E-state index in [0.29, 0.717) is 17.2 Å². The third kappa shape index (κ3) is 3.35. The molecule has 2 bridgehead atoms. The number of nitrogens with zero attached hydrogens (tertiary/aromatic N) is 2. The highest BCUT2D eigenvalue weighted by atomic mass is 16.6. The van der Waals surface area contributed by atoms with Crippen LogP contribution in [-0.4, -0.2) is 66.7 Å². The fourth-order valence-electron chi connectivity index (χ4n) is 8.23. The fraction of sp³-hybridized carbons (Fsp3) is 0.724. The zero-order valence-corrected chi connectivity index (χ0v) is 23.2. The summed E-state index contributed by atoms with van der Waals surface area (Å²) in [4.78, 5) is 13.6. The van der Waals surface area contributed by atoms with E-state index in [0.717, 1.165) is 6.42 Å². The number of ether oxygens (including phenoxy) is 1. The Hall–Kier alpha value is -2.00. The molecular weight excluding hydrogens is 472 g/mol. The molecule has 0 saturated heterocycles. The molecule has 0 aromatic carbocycles. The third-order valence-corrected chi connectivity index (χ3v) is 10.1. The number of carbonyl (C=O) groups is 1. The maximum atomic E-state index is 13.6. The molecule has 8 heteroatoms. The van der Waals surface area contributed by atoms with Crippen LogP contribution < -0.4 is 0 Å². The van der Waals surface area contributed by atoms with Gasteiger partial charge in [0.25, 0.3) is 0 Å². The van der Waals surface area contributed by atoms with E-state index in [1.807, 2.05) is 33.8 Å². The zero-order valence-electron chi connectivity index (χ0n) is 23.2. The topological polar surface area (TPSA) is 125 Å². The van der Waals surface area contributed by atoms with E-state index in [1.54, 1.807) is 30.7 Å². The van der Waals surface area contributed by atoms with E-state index >= 15 is 0 Å². The number of aryl methyl sites for hydroxylation is 1. The van der Waals surface area contributed by atoms with Crippen molar-refractivity contribution in [3.8, 4) is 0 Å². The van der Waals surface area contributed by atoms with Crippen molar-refractivity contribution < 1.29 is 30.0 Å². The average Bonchev–Trinajstić information content (AvgIpc) is 3.07. The van der Waals surface area contributed by atoms with E-state index in [1.165, 1.54) is 0 Å². The van der Waals surface area contributed by atoms with Gasteiger partial charge >= 0.3 is 5.97 Å². The van der Waals surface area contributed by atoms with Crippen LogP contribution in [0.4, 0.5) is 0 Å². The standard InChI is InChI=1S/C29H42N2O6/c1-14-12-28-15(2)9-19-21(27(19,7)8)18(23(28)34)11-17(13-32)22(33)29(28,36)24(14)37-25(35)20-10-16(3)30-31(20)26(4,5)6/h10-12,15,18-19,21-24,32-34,36H,9,13H2,1-8H3/t15-,18+,19-,21+,22-,23?,24+,28+,29+/m1/s1. The summed E-state index contributed by atoms with van der Waals surface area (Å²) >= 11 is 0. The number of rotatable bonds is 3. The van der Waals surface area contributed by atoms with Crippen molar-refractivity contribution in [1.29, 1.82) is 0 Å². The average molecular weight is 515 g/mol. The van der Waals surface area contributed by atoms with Gasteiger partial charge in [-0.15, -0.1) is 0 Å². The number of hydrogen-bond donors (Lipinski definition) is 4. The molecule has 9 atom stereocenters. The minimum absolute atomic E-state index is 0.0123. The smallest absolute Gasteiger partial charge is 0.357 e. The van der Waals surface area contributed by atoms with E-state index in [4.69, 9.17) is 4.74 Å². The lowest BCUT2D eigenvalue weighted by Gasteiger charge is -2.52. The summed E-state index contributed by atoms with van der Waals surface area (Å²) in [5, 5.41) is 51.1. The highest BCUT2D eigenvalue weighted by Crippen LogP contribution is 2.72. The second-order valence-electron chi connectivity index (χ2n) is 13.6. The Morgan fingerprint density at radius 3 is 2.49 bits per heavy atom. The summed E-state index contributed by atoms with van der Waals surface area (Å²) in [6.07, 6.45) is 0.616. The van der Waals surface area contributed by atoms with Gasteiger partial charge < -0.3 is 25.2 Å². The summed E-state index contributed by atoms with van der Waals surface area (Å²) in [5.74, 6) is -0.717. The SMILES string of the molecule is CC1=C[C@]23C(O)[C@@H](C=C(CO)[C@@H](O)[C@]2(O)[C@H]1OC(=O)c1cc(C)nn1C(C)(C)C)[C@H]1[C@@H](C[C@H]3C)C1(C)C. The first-order chi connectivity index (χ1) is 17.0. The zero-order chi connectivity index (χ0) is 27.5. The molecule has 1 heterocycles. The quantitative estimate of drug-likeness (QED) is 0.361. The highest BCUT2D eigenvalue weighted by Gasteiger charge is 2.76. The number of aliphatic hydroxyl groups excluding tert-OH is 3. The molecule has 0 amide bonds. The molecule has 1 aromatic heterocycles. The molecule has 2 saturated carbocycles. The van der Waals surface area contributed by atoms with Gasteiger partial charge in [0.05, 0.1) is 29.4 Å². The van der Waals surface area contributed by atoms with Crippen molar-refractivity contribution in [3.63, 3.8) is 0 Å². The van der Waals surface area contributed by atoms with Crippen LogP contribution in [0.1, 0.15) is 71.1 Å². The number of fused-ring (bicyclic) bond motifs is 3. The van der Waals surface area contributed by atoms with Gasteiger partial charge in [-0.25, -0.2) is 4.79 Å². The summed E-state index contributed by atoms with van der Waals surface area (Å²) < 4.78 is 7.66. The van der Waals surface area contributed by atoms with Crippen molar-refractivity contribution >= 4 is 5.97 Å². The third-order valence-electron chi connectivity index (χ3n) is 10.1. The molecule has 0 radical (unpaired) electrons. The molecular formula is C29H42N2O6. The maximum Gasteiger partial charge on any atom is 0.357 e. The second-order valence-corrected chi connectivity index (χ2v) is 13.6. The molecule has 1 spiro atoms. The summed E-state index contributed by atoms with van der Waals surface area (Å²) in [5.41, 5.74) is -2.05. The van der Waals surface area contributed by atoms with Crippen molar-refractivity contribution in [2.75, 3.05) is 6.61 Å². The lowest BCUT2D eigenvalue weighted by molar-refractivity contribution is -0.215. The van der Waals surface area contributed by atoms with Crippen molar-refractivity contribution in [1.82, 2.24) is 9.78 Å². The van der Waals surface area contributed by atoms with Crippen molar-refractivity contribution in [2.45, 2.75) is 91.3 Å². The molecule has 204 valence electrons. The largest absolute Gasteiger partial charge is 0.450 e. The van der Waals surface area contributed by atoms with Crippen LogP contribution in [-0.2, 0) is 10.3 Å². The predicted molar refractivity (Wildman–Crippen MR) is 138 cm³/mol. The minimum Gasteiger partial charge on any atom is -0.450 e. The number of esters is 1. The molecule has 4 aliphatic carbocycles. The first kappa shape index (κ1) is 26.6. The Kier molecular flexibility index (Phi) is 5.76. The number of aromatic nitrogens is 2. The number of carbonyl (C=O) groups excluding carboxylic acids is 1. The van der Waals surface area contributed by atoms with Crippen LogP contribution >= 0.6 is 0 Å². The van der Waals surface area contributed by atoms with Gasteiger partial charge in [0.15, 0.2) is 6.10 Å². The van der Waals surface area contributed by atoms with E-state index in [9.17, 15) is 25.2 Å². The molecule has 8 nitrogen and oxygen atoms in total. The van der Waals surface area contributed by atoms with Gasteiger partial charge in [-0.2, -0.15) is 5.10 Å². The Bertz CT molecular complexity index is 1190. The van der Waals surface area contributed by atoms with Gasteiger partial charge in [0.2, 0.25) is 0 Å². The summed E-state index contributed by atoms with van der Waals surface area (Å²) in [6, 6.07) is 1.65. The highest BCUT2D eigenvalue weighted by molar-refractivity contribution is 5.88. The van der Waals surface area contributed by atoms with Crippen LogP contribution in [0.15, 0.2) is 29.4 Å². The lowest BCUT2D eigenvalue weighted by atomic mass is 9.58. The first-order valence-electron chi connectivity index (χ1n) is 13.4. The van der Waals surface area contributed by atoms with Gasteiger partial charge in [-0.1, -0.05) is 32.9 Å². The van der Waals surface area contributed by atoms with E-state index in [2.05, 4.69) is 18.9 Å². The van der Waals surface area contributed by atoms with Crippen LogP contribution in [0.3, 0.4) is 0 Å². The summed E-state index contributed by atoms with van der Waals surface area (Å²) in [6.45, 7) is 15.3. The van der Waals surface area contributed by atoms with Crippen molar-refractivity contribution in [3.05, 3.63) is 40.8 Å². The molecule has 4 N–H and O–H groups in total. The number of aliphatic hydroxyl groups is 4. The minimum atomic E-state index is -2.06. The second kappa shape index (κ2) is 8.01. The van der Waals surface area contributed by atoms with Gasteiger partial charge in [-0.05, 0) is 81.4 Å². The Balaban J connectivity index is 1.62. The Morgan fingerprint density at radius 2 is 1.89 bits per heavy atom. The summed E-state index contributed by atoms with van der Waals surface area (Å²) in [7, 11) is 0. The first-order valence-corrected chi connectivity index (χ1v) is 13.4. The van der Waals surface area contributed by atoms with Crippen LogP contribution in [0, 0.1) is 41.4 Å². The number of hydrogen-bond acceptors (Lipinski definition) is 7. The van der Waals surface area contributed by atoms with Gasteiger partial charge in [0.1, 0.15) is 17.4 Å². The maximum absolute atomic E-state index is 13.6. The van der Waals surface area contributed by atoms with E-state index < -0.39 is 47.4 Å². The van der Waals surface area contributed by atoms with Gasteiger partial charge in [-0.3, -0.25) is 4.68 Å². The molecule has 1 aromatic rings. The molecule has 1 unspecified atom stereocenters. The Morgan fingerprint density at radius 1 is 1.24 bits per heavy atom. The van der Waals surface area contributed by atoms with Crippen molar-refractivity contribution in [2.24, 2.45) is 34.5 Å². The molecule has 0 aliphatic heterocycles. The Labute approximate surface area is 219 Å². The van der Waals surface area contributed by atoms with E-state index in [-0.39, 0.29) is 34.4 Å². The van der Waals surface area contributed by atoms with Crippen LogP contribution in [0.25, 0.3) is 0 Å². The lowest BCUT2D eigenvalue weighted by Crippen LogP contribution is -2.66. The molecule has 4 aliphatic rings.